The number of nitrogens with one attached hydrogen (secondary N) is 1. The molecule has 0 saturated carbocycles. The number of hydrogen-bond donors (Lipinski definition) is 1. The molecule has 1 N–H and O–H groups in total. The van der Waals surface area contributed by atoms with E-state index in [1.807, 2.05) is 20.0 Å². The van der Waals surface area contributed by atoms with Crippen molar-refractivity contribution < 1.29 is 28.1 Å². The Kier molecular flexibility index (Phi) is 11.4. The van der Waals surface area contributed by atoms with Crippen LogP contribution in [0.25, 0.3) is 33.4 Å². The lowest BCUT2D eigenvalue weighted by molar-refractivity contribution is 0.0110. The summed E-state index contributed by atoms with van der Waals surface area (Å²) in [6.07, 6.45) is 0. The fourth-order valence-corrected chi connectivity index (χ4v) is 5.36. The van der Waals surface area contributed by atoms with Crippen LogP contribution < -0.4 is 20.3 Å². The molecule has 9 heteroatoms. The van der Waals surface area contributed by atoms with Crippen LogP contribution >= 0.6 is 0 Å². The van der Waals surface area contributed by atoms with Crippen molar-refractivity contribution >= 4 is 16.7 Å². The van der Waals surface area contributed by atoms with Crippen molar-refractivity contribution in [3.63, 3.8) is 0 Å². The molecule has 0 radical (unpaired) electrons. The van der Waals surface area contributed by atoms with E-state index in [0.717, 1.165) is 62.3 Å². The highest BCUT2D eigenvalue weighted by molar-refractivity contribution is 6.02. The number of anilines is 1. The fourth-order valence-electron chi connectivity index (χ4n) is 5.36. The van der Waals surface area contributed by atoms with E-state index in [2.05, 4.69) is 63.7 Å². The van der Waals surface area contributed by atoms with Crippen molar-refractivity contribution in [2.24, 2.45) is 4.99 Å². The largest absolute Gasteiger partial charge is 0.489 e. The van der Waals surface area contributed by atoms with Crippen molar-refractivity contribution in [2.45, 2.75) is 13.5 Å². The number of rotatable bonds is 7. The lowest BCUT2D eigenvalue weighted by atomic mass is 9.92. The maximum atomic E-state index is 6.50. The summed E-state index contributed by atoms with van der Waals surface area (Å²) in [6, 6.07) is 19.0. The molecule has 0 spiro atoms. The molecule has 3 aliphatic rings. The van der Waals surface area contributed by atoms with Gasteiger partial charge >= 0.3 is 0 Å². The third kappa shape index (κ3) is 7.93. The van der Waals surface area contributed by atoms with Crippen LogP contribution in [-0.4, -0.2) is 86.6 Å². The van der Waals surface area contributed by atoms with Gasteiger partial charge in [0.1, 0.15) is 23.7 Å². The molecule has 0 saturated heterocycles. The van der Waals surface area contributed by atoms with Gasteiger partial charge in [-0.25, -0.2) is 0 Å². The van der Waals surface area contributed by atoms with Crippen molar-refractivity contribution in [3.05, 3.63) is 65.5 Å². The summed E-state index contributed by atoms with van der Waals surface area (Å²) in [5.41, 5.74) is 6.14. The number of fused-ring (bicyclic) bond motifs is 3. The van der Waals surface area contributed by atoms with Crippen LogP contribution in [0.2, 0.25) is 0 Å². The highest BCUT2D eigenvalue weighted by Crippen LogP contribution is 2.42. The smallest absolute Gasteiger partial charge is 0.143 e. The molecule has 0 atom stereocenters. The van der Waals surface area contributed by atoms with E-state index in [1.54, 1.807) is 7.11 Å². The van der Waals surface area contributed by atoms with Crippen LogP contribution in [0, 0.1) is 0 Å². The summed E-state index contributed by atoms with van der Waals surface area (Å²) in [6.45, 7) is 9.10. The standard InChI is InChI=1S/C34H43N3O6/c1-4-36-27-7-9-29-32(23-27)43-31-21-25(24-35-2)5-8-28(31)34(29)26-6-10-30-33(22-26)42-20-19-41-18-17-40-16-15-39-14-12-37(30)11-13-38-3/h5-10,21-23,35H,4,11-20,24H2,1-3H3/b36-27+. The van der Waals surface area contributed by atoms with Crippen molar-refractivity contribution in [2.75, 3.05) is 91.5 Å². The van der Waals surface area contributed by atoms with Crippen LogP contribution in [0.4, 0.5) is 5.69 Å². The molecule has 2 aromatic carbocycles. The molecular formula is C34H43N3O6. The molecule has 0 aromatic heterocycles. The third-order valence-electron chi connectivity index (χ3n) is 7.38. The van der Waals surface area contributed by atoms with E-state index in [0.29, 0.717) is 72.5 Å². The first-order valence-electron chi connectivity index (χ1n) is 15.1. The minimum absolute atomic E-state index is 0.423. The van der Waals surface area contributed by atoms with Crippen LogP contribution in [-0.2, 0) is 25.5 Å². The highest BCUT2D eigenvalue weighted by atomic mass is 16.6. The summed E-state index contributed by atoms with van der Waals surface area (Å²) < 4.78 is 35.6. The molecule has 2 heterocycles. The van der Waals surface area contributed by atoms with E-state index < -0.39 is 0 Å². The summed E-state index contributed by atoms with van der Waals surface area (Å²) >= 11 is 0. The molecule has 2 aromatic rings. The Morgan fingerprint density at radius 1 is 0.884 bits per heavy atom. The summed E-state index contributed by atoms with van der Waals surface area (Å²) in [5.74, 6) is 1.58. The normalized spacial score (nSPS) is 16.1. The molecule has 43 heavy (non-hydrogen) atoms. The van der Waals surface area contributed by atoms with E-state index in [1.165, 1.54) is 0 Å². The SMILES string of the molecule is CC/N=c1\ccc2c(-c3ccc4c(c3)OCCOCCOCCOCCN4CCOC)c3ccc(CNC)cc3oc-2c1. The molecule has 2 aliphatic heterocycles. The number of methoxy groups -OCH3 is 1. The van der Waals surface area contributed by atoms with E-state index in [9.17, 15) is 0 Å². The molecule has 5 rings (SSSR count). The van der Waals surface area contributed by atoms with E-state index >= 15 is 0 Å². The summed E-state index contributed by atoms with van der Waals surface area (Å²) in [5, 5.41) is 5.18. The Hall–Kier alpha value is -3.47. The van der Waals surface area contributed by atoms with Gasteiger partial charge in [-0.2, -0.15) is 0 Å². The molecule has 230 valence electrons. The topological polar surface area (TPSA) is 86.9 Å². The second-order valence-electron chi connectivity index (χ2n) is 10.3. The predicted molar refractivity (Wildman–Crippen MR) is 169 cm³/mol. The lowest BCUT2D eigenvalue weighted by Gasteiger charge is -2.27. The highest BCUT2D eigenvalue weighted by Gasteiger charge is 2.20. The van der Waals surface area contributed by atoms with Gasteiger partial charge in [0.25, 0.3) is 0 Å². The van der Waals surface area contributed by atoms with Gasteiger partial charge in [-0.05, 0) is 55.4 Å². The van der Waals surface area contributed by atoms with E-state index in [-0.39, 0.29) is 0 Å². The first-order valence-corrected chi connectivity index (χ1v) is 15.1. The Bertz CT molecular complexity index is 1500. The molecule has 0 fully saturated rings. The minimum atomic E-state index is 0.423. The number of benzene rings is 3. The van der Waals surface area contributed by atoms with Crippen LogP contribution in [0.3, 0.4) is 0 Å². The average Bonchev–Trinajstić information content (AvgIpc) is 3.02. The Balaban J connectivity index is 1.63. The Morgan fingerprint density at radius 2 is 1.67 bits per heavy atom. The van der Waals surface area contributed by atoms with E-state index in [4.69, 9.17) is 28.1 Å². The molecule has 9 nitrogen and oxygen atoms in total. The summed E-state index contributed by atoms with van der Waals surface area (Å²) in [7, 11) is 3.67. The van der Waals surface area contributed by atoms with Crippen molar-refractivity contribution in [1.29, 1.82) is 0 Å². The van der Waals surface area contributed by atoms with Crippen LogP contribution in [0.5, 0.6) is 5.75 Å². The quantitative estimate of drug-likeness (QED) is 0.310. The second kappa shape index (κ2) is 15.8. The van der Waals surface area contributed by atoms with Gasteiger partial charge in [0.15, 0.2) is 0 Å². The molecule has 1 aliphatic carbocycles. The molecule has 0 bridgehead atoms. The Labute approximate surface area is 253 Å². The van der Waals surface area contributed by atoms with Gasteiger partial charge in [-0.15, -0.1) is 0 Å². The monoisotopic (exact) mass is 589 g/mol. The number of nitrogens with zero attached hydrogens (tertiary/aromatic N) is 2. The average molecular weight is 590 g/mol. The van der Waals surface area contributed by atoms with Gasteiger partial charge in [-0.3, -0.25) is 4.99 Å². The maximum absolute atomic E-state index is 6.50. The minimum Gasteiger partial charge on any atom is -0.489 e. The first-order chi connectivity index (χ1) is 21.2. The maximum Gasteiger partial charge on any atom is 0.143 e. The second-order valence-corrected chi connectivity index (χ2v) is 10.3. The molecular weight excluding hydrogens is 546 g/mol. The first kappa shape index (κ1) is 31.0. The number of ether oxygens (including phenoxy) is 5. The zero-order valence-electron chi connectivity index (χ0n) is 25.5. The molecule has 0 unspecified atom stereocenters. The van der Waals surface area contributed by atoms with Gasteiger partial charge in [0.2, 0.25) is 0 Å². The Morgan fingerprint density at radius 3 is 2.44 bits per heavy atom. The zero-order chi connectivity index (χ0) is 29.9. The lowest BCUT2D eigenvalue weighted by Crippen LogP contribution is -2.31. The predicted octanol–water partition coefficient (Wildman–Crippen LogP) is 4.74. The van der Waals surface area contributed by atoms with Gasteiger partial charge in [0, 0.05) is 55.9 Å². The van der Waals surface area contributed by atoms with Crippen LogP contribution in [0.1, 0.15) is 12.5 Å². The zero-order valence-corrected chi connectivity index (χ0v) is 25.5. The van der Waals surface area contributed by atoms with Gasteiger partial charge < -0.3 is 38.3 Å². The van der Waals surface area contributed by atoms with Crippen LogP contribution in [0.15, 0.2) is 64.0 Å². The number of hydrogen-bond acceptors (Lipinski definition) is 9. The van der Waals surface area contributed by atoms with Crippen molar-refractivity contribution in [3.8, 4) is 28.2 Å². The van der Waals surface area contributed by atoms with Gasteiger partial charge in [-0.1, -0.05) is 18.2 Å². The van der Waals surface area contributed by atoms with Gasteiger partial charge in [0.05, 0.1) is 57.3 Å². The summed E-state index contributed by atoms with van der Waals surface area (Å²) in [4.78, 5) is 6.86. The third-order valence-corrected chi connectivity index (χ3v) is 7.38. The fraction of sp³-hybridized carbons (Fsp3) is 0.441. The molecule has 0 amide bonds. The van der Waals surface area contributed by atoms with Crippen molar-refractivity contribution in [1.82, 2.24) is 5.32 Å².